The number of rotatable bonds is 3. The molecule has 1 fully saturated rings. The van der Waals surface area contributed by atoms with E-state index in [1.54, 1.807) is 6.26 Å². The van der Waals surface area contributed by atoms with Crippen LogP contribution in [0.2, 0.25) is 0 Å². The number of aromatic nitrogens is 1. The minimum Gasteiger partial charge on any atom is -0.449 e. The molecule has 1 aliphatic rings. The van der Waals surface area contributed by atoms with E-state index in [0.29, 0.717) is 11.9 Å². The summed E-state index contributed by atoms with van der Waals surface area (Å²) in [6.45, 7) is 1.87. The maximum Gasteiger partial charge on any atom is 0.191 e. The van der Waals surface area contributed by atoms with Crippen molar-refractivity contribution in [2.75, 3.05) is 5.32 Å². The molecule has 0 unspecified atom stereocenters. The SMILES string of the molecule is Cc1nc(-c2ccc(NC3CCCCCC3)cc2)co1. The number of benzene rings is 1. The molecule has 1 aliphatic carbocycles. The van der Waals surface area contributed by atoms with Crippen LogP contribution in [-0.4, -0.2) is 11.0 Å². The summed E-state index contributed by atoms with van der Waals surface area (Å²) in [7, 11) is 0. The first-order valence-electron chi connectivity index (χ1n) is 7.60. The van der Waals surface area contributed by atoms with Crippen molar-refractivity contribution >= 4 is 5.69 Å². The number of anilines is 1. The number of nitrogens with one attached hydrogen (secondary N) is 1. The highest BCUT2D eigenvalue weighted by Gasteiger charge is 2.12. The highest BCUT2D eigenvalue weighted by molar-refractivity contribution is 5.61. The third kappa shape index (κ3) is 3.21. The third-order valence-electron chi connectivity index (χ3n) is 4.03. The fourth-order valence-electron chi connectivity index (χ4n) is 2.89. The van der Waals surface area contributed by atoms with Crippen molar-refractivity contribution < 1.29 is 4.42 Å². The van der Waals surface area contributed by atoms with Crippen molar-refractivity contribution in [2.24, 2.45) is 0 Å². The number of oxazole rings is 1. The van der Waals surface area contributed by atoms with Crippen LogP contribution in [-0.2, 0) is 0 Å². The van der Waals surface area contributed by atoms with Crippen LogP contribution in [0, 0.1) is 6.92 Å². The van der Waals surface area contributed by atoms with Gasteiger partial charge in [-0.25, -0.2) is 4.98 Å². The Morgan fingerprint density at radius 1 is 1.05 bits per heavy atom. The van der Waals surface area contributed by atoms with E-state index in [2.05, 4.69) is 34.6 Å². The summed E-state index contributed by atoms with van der Waals surface area (Å²) < 4.78 is 5.26. The Labute approximate surface area is 120 Å². The van der Waals surface area contributed by atoms with Crippen LogP contribution in [0.5, 0.6) is 0 Å². The zero-order valence-electron chi connectivity index (χ0n) is 12.1. The van der Waals surface area contributed by atoms with Gasteiger partial charge in [0.25, 0.3) is 0 Å². The summed E-state index contributed by atoms with van der Waals surface area (Å²) >= 11 is 0. The van der Waals surface area contributed by atoms with Gasteiger partial charge in [-0.05, 0) is 25.0 Å². The lowest BCUT2D eigenvalue weighted by atomic mass is 10.1. The molecule has 0 atom stereocenters. The smallest absolute Gasteiger partial charge is 0.191 e. The van der Waals surface area contributed by atoms with Gasteiger partial charge in [0.15, 0.2) is 5.89 Å². The first kappa shape index (κ1) is 13.2. The molecule has 1 saturated carbocycles. The van der Waals surface area contributed by atoms with E-state index < -0.39 is 0 Å². The standard InChI is InChI=1S/C17H22N2O/c1-13-18-17(12-20-13)14-8-10-16(11-9-14)19-15-6-4-2-3-5-7-15/h8-12,15,19H,2-7H2,1H3. The van der Waals surface area contributed by atoms with Crippen molar-refractivity contribution in [3.05, 3.63) is 36.4 Å². The maximum atomic E-state index is 5.26. The summed E-state index contributed by atoms with van der Waals surface area (Å²) in [4.78, 5) is 4.35. The number of nitrogens with zero attached hydrogens (tertiary/aromatic N) is 1. The summed E-state index contributed by atoms with van der Waals surface area (Å²) in [5, 5.41) is 3.66. The Hall–Kier alpha value is -1.77. The lowest BCUT2D eigenvalue weighted by Crippen LogP contribution is -2.17. The number of hydrogen-bond acceptors (Lipinski definition) is 3. The molecule has 0 aliphatic heterocycles. The van der Waals surface area contributed by atoms with Gasteiger partial charge < -0.3 is 9.73 Å². The minimum absolute atomic E-state index is 0.637. The second-order valence-corrected chi connectivity index (χ2v) is 5.66. The topological polar surface area (TPSA) is 38.1 Å². The molecule has 3 rings (SSSR count). The summed E-state index contributed by atoms with van der Waals surface area (Å²) in [5.74, 6) is 0.709. The van der Waals surface area contributed by atoms with Crippen molar-refractivity contribution in [1.29, 1.82) is 0 Å². The average molecular weight is 270 g/mol. The highest BCUT2D eigenvalue weighted by Crippen LogP contribution is 2.24. The van der Waals surface area contributed by atoms with E-state index in [9.17, 15) is 0 Å². The normalized spacial score (nSPS) is 16.9. The Bertz CT molecular complexity index is 536. The summed E-state index contributed by atoms with van der Waals surface area (Å²) in [6, 6.07) is 9.14. The molecule has 3 heteroatoms. The van der Waals surface area contributed by atoms with Crippen LogP contribution in [0.15, 0.2) is 34.9 Å². The van der Waals surface area contributed by atoms with E-state index in [-0.39, 0.29) is 0 Å². The molecule has 0 bridgehead atoms. The van der Waals surface area contributed by atoms with Gasteiger partial charge in [0.1, 0.15) is 12.0 Å². The highest BCUT2D eigenvalue weighted by atomic mass is 16.3. The van der Waals surface area contributed by atoms with Crippen molar-refractivity contribution in [3.63, 3.8) is 0 Å². The second-order valence-electron chi connectivity index (χ2n) is 5.66. The predicted octanol–water partition coefficient (Wildman–Crippen LogP) is 4.78. The van der Waals surface area contributed by atoms with Gasteiger partial charge in [0, 0.05) is 24.2 Å². The summed E-state index contributed by atoms with van der Waals surface area (Å²) in [6.07, 6.45) is 9.80. The molecule has 20 heavy (non-hydrogen) atoms. The van der Waals surface area contributed by atoms with Crippen LogP contribution in [0.1, 0.15) is 44.4 Å². The van der Waals surface area contributed by atoms with Gasteiger partial charge in [-0.3, -0.25) is 0 Å². The van der Waals surface area contributed by atoms with Crippen molar-refractivity contribution in [2.45, 2.75) is 51.5 Å². The molecule has 3 nitrogen and oxygen atoms in total. The van der Waals surface area contributed by atoms with Gasteiger partial charge in [-0.2, -0.15) is 0 Å². The Morgan fingerprint density at radius 2 is 1.75 bits per heavy atom. The first-order chi connectivity index (χ1) is 9.81. The molecule has 1 N–H and O–H groups in total. The zero-order chi connectivity index (χ0) is 13.8. The van der Waals surface area contributed by atoms with Crippen LogP contribution in [0.4, 0.5) is 5.69 Å². The lowest BCUT2D eigenvalue weighted by molar-refractivity contribution is 0.521. The zero-order valence-corrected chi connectivity index (χ0v) is 12.1. The van der Waals surface area contributed by atoms with E-state index >= 15 is 0 Å². The molecular weight excluding hydrogens is 248 g/mol. The Morgan fingerprint density at radius 3 is 2.35 bits per heavy atom. The third-order valence-corrected chi connectivity index (χ3v) is 4.03. The molecule has 0 saturated heterocycles. The number of hydrogen-bond donors (Lipinski definition) is 1. The molecule has 1 aromatic heterocycles. The quantitative estimate of drug-likeness (QED) is 0.815. The maximum absolute atomic E-state index is 5.26. The van der Waals surface area contributed by atoms with Gasteiger partial charge in [-0.1, -0.05) is 37.8 Å². The van der Waals surface area contributed by atoms with Crippen LogP contribution >= 0.6 is 0 Å². The molecule has 0 amide bonds. The predicted molar refractivity (Wildman–Crippen MR) is 81.8 cm³/mol. The van der Waals surface area contributed by atoms with E-state index in [1.165, 1.54) is 44.2 Å². The van der Waals surface area contributed by atoms with E-state index in [1.807, 2.05) is 6.92 Å². The van der Waals surface area contributed by atoms with Gasteiger partial charge in [0.05, 0.1) is 0 Å². The molecule has 1 heterocycles. The minimum atomic E-state index is 0.637. The fraction of sp³-hybridized carbons (Fsp3) is 0.471. The molecular formula is C17H22N2O. The van der Waals surface area contributed by atoms with Crippen molar-refractivity contribution in [1.82, 2.24) is 4.98 Å². The average Bonchev–Trinajstić information content (AvgIpc) is 2.73. The Balaban J connectivity index is 1.66. The van der Waals surface area contributed by atoms with Crippen LogP contribution in [0.25, 0.3) is 11.3 Å². The van der Waals surface area contributed by atoms with Gasteiger partial charge in [0.2, 0.25) is 0 Å². The molecule has 106 valence electrons. The van der Waals surface area contributed by atoms with Crippen molar-refractivity contribution in [3.8, 4) is 11.3 Å². The van der Waals surface area contributed by atoms with Crippen LogP contribution in [0.3, 0.4) is 0 Å². The molecule has 0 radical (unpaired) electrons. The van der Waals surface area contributed by atoms with Crippen LogP contribution < -0.4 is 5.32 Å². The monoisotopic (exact) mass is 270 g/mol. The lowest BCUT2D eigenvalue weighted by Gasteiger charge is -2.17. The second kappa shape index (κ2) is 6.12. The van der Waals surface area contributed by atoms with Gasteiger partial charge >= 0.3 is 0 Å². The summed E-state index contributed by atoms with van der Waals surface area (Å²) in [5.41, 5.74) is 3.22. The van der Waals surface area contributed by atoms with Gasteiger partial charge in [-0.15, -0.1) is 0 Å². The number of aryl methyl sites for hydroxylation is 1. The molecule has 0 spiro atoms. The first-order valence-corrected chi connectivity index (χ1v) is 7.60. The molecule has 1 aromatic carbocycles. The Kier molecular flexibility index (Phi) is 4.05. The van der Waals surface area contributed by atoms with E-state index in [4.69, 9.17) is 4.42 Å². The molecule has 2 aromatic rings. The fourth-order valence-corrected chi connectivity index (χ4v) is 2.89. The van der Waals surface area contributed by atoms with E-state index in [0.717, 1.165) is 11.3 Å². The largest absolute Gasteiger partial charge is 0.449 e.